The highest BCUT2D eigenvalue weighted by Gasteiger charge is 2.33. The first-order valence-electron chi connectivity index (χ1n) is 9.18. The summed E-state index contributed by atoms with van der Waals surface area (Å²) in [6.45, 7) is 1.77. The predicted molar refractivity (Wildman–Crippen MR) is 109 cm³/mol. The number of hydrogen-bond donors (Lipinski definition) is 2. The van der Waals surface area contributed by atoms with E-state index in [2.05, 4.69) is 20.7 Å². The molecule has 4 rings (SSSR count). The molecule has 1 aliphatic rings. The van der Waals surface area contributed by atoms with Crippen LogP contribution in [0.5, 0.6) is 11.5 Å². The van der Waals surface area contributed by atoms with Crippen LogP contribution in [0.25, 0.3) is 0 Å². The molecule has 0 bridgehead atoms. The summed E-state index contributed by atoms with van der Waals surface area (Å²) >= 11 is 0. The number of methoxy groups -OCH3 is 2. The van der Waals surface area contributed by atoms with Crippen molar-refractivity contribution in [3.05, 3.63) is 71.4 Å². The molecule has 1 aliphatic heterocycles. The van der Waals surface area contributed by atoms with Gasteiger partial charge in [0.15, 0.2) is 0 Å². The molecule has 0 fully saturated rings. The van der Waals surface area contributed by atoms with E-state index in [9.17, 15) is 9.18 Å². The van der Waals surface area contributed by atoms with Crippen molar-refractivity contribution in [3.63, 3.8) is 0 Å². The van der Waals surface area contributed by atoms with E-state index in [-0.39, 0.29) is 5.91 Å². The van der Waals surface area contributed by atoms with Crippen molar-refractivity contribution in [1.82, 2.24) is 14.8 Å². The molecular weight excluding hydrogens is 389 g/mol. The fourth-order valence-electron chi connectivity index (χ4n) is 3.46. The largest absolute Gasteiger partial charge is 0.497 e. The maximum absolute atomic E-state index is 14.0. The molecule has 30 heavy (non-hydrogen) atoms. The van der Waals surface area contributed by atoms with Crippen molar-refractivity contribution in [3.8, 4) is 11.5 Å². The molecule has 2 heterocycles. The summed E-state index contributed by atoms with van der Waals surface area (Å²) in [5.74, 6) is 0.749. The summed E-state index contributed by atoms with van der Waals surface area (Å²) in [5, 5.41) is 10.2. The van der Waals surface area contributed by atoms with Gasteiger partial charge in [-0.05, 0) is 36.8 Å². The summed E-state index contributed by atoms with van der Waals surface area (Å²) < 4.78 is 26.1. The summed E-state index contributed by atoms with van der Waals surface area (Å²) in [6.07, 6.45) is 1.38. The van der Waals surface area contributed by atoms with Crippen LogP contribution in [0.1, 0.15) is 18.5 Å². The monoisotopic (exact) mass is 409 g/mol. The first kappa shape index (κ1) is 19.4. The van der Waals surface area contributed by atoms with E-state index in [1.54, 1.807) is 49.0 Å². The first-order chi connectivity index (χ1) is 14.5. The van der Waals surface area contributed by atoms with Gasteiger partial charge in [-0.2, -0.15) is 10.1 Å². The Labute approximate surface area is 172 Å². The highest BCUT2D eigenvalue weighted by Crippen LogP contribution is 2.36. The SMILES string of the molecule is COc1ccc(NC(=O)C2=C(C)Nc3ncnn3[C@H]2c2cccc(F)c2)c(OC)c1. The quantitative estimate of drug-likeness (QED) is 0.672. The zero-order chi connectivity index (χ0) is 21.3. The molecule has 1 atom stereocenters. The Bertz CT molecular complexity index is 1140. The van der Waals surface area contributed by atoms with Gasteiger partial charge in [-0.25, -0.2) is 9.07 Å². The third-order valence-electron chi connectivity index (χ3n) is 4.86. The molecule has 9 heteroatoms. The van der Waals surface area contributed by atoms with Gasteiger partial charge in [-0.15, -0.1) is 0 Å². The smallest absolute Gasteiger partial charge is 0.255 e. The highest BCUT2D eigenvalue weighted by atomic mass is 19.1. The molecule has 0 saturated carbocycles. The maximum Gasteiger partial charge on any atom is 0.255 e. The minimum absolute atomic E-state index is 0.376. The summed E-state index contributed by atoms with van der Waals surface area (Å²) in [6, 6.07) is 10.5. The lowest BCUT2D eigenvalue weighted by molar-refractivity contribution is -0.113. The number of ether oxygens (including phenoxy) is 2. The van der Waals surface area contributed by atoms with Gasteiger partial charge in [0.2, 0.25) is 5.95 Å². The van der Waals surface area contributed by atoms with E-state index in [0.717, 1.165) is 0 Å². The molecule has 0 radical (unpaired) electrons. The van der Waals surface area contributed by atoms with Crippen molar-refractivity contribution in [1.29, 1.82) is 0 Å². The third-order valence-corrected chi connectivity index (χ3v) is 4.86. The summed E-state index contributed by atoms with van der Waals surface area (Å²) in [7, 11) is 3.06. The Kier molecular flexibility index (Phi) is 5.09. The van der Waals surface area contributed by atoms with Crippen molar-refractivity contribution in [2.24, 2.45) is 0 Å². The van der Waals surface area contributed by atoms with E-state index in [4.69, 9.17) is 9.47 Å². The van der Waals surface area contributed by atoms with Gasteiger partial charge in [-0.1, -0.05) is 12.1 Å². The standard InChI is InChI=1S/C21H20FN5O3/c1-12-18(20(28)26-16-8-7-15(29-2)10-17(16)30-3)19(13-5-4-6-14(22)9-13)27-21(25-12)23-11-24-27/h4-11,19H,1-3H3,(H,26,28)(H,23,24,25)/t19-/m0/s1. The van der Waals surface area contributed by atoms with Gasteiger partial charge >= 0.3 is 0 Å². The second kappa shape index (κ2) is 7.86. The Hall–Kier alpha value is -3.88. The van der Waals surface area contributed by atoms with Gasteiger partial charge in [-0.3, -0.25) is 4.79 Å². The Morgan fingerprint density at radius 1 is 1.20 bits per heavy atom. The Balaban J connectivity index is 1.75. The van der Waals surface area contributed by atoms with Gasteiger partial charge < -0.3 is 20.1 Å². The Morgan fingerprint density at radius 2 is 2.03 bits per heavy atom. The predicted octanol–water partition coefficient (Wildman–Crippen LogP) is 3.36. The molecule has 8 nitrogen and oxygen atoms in total. The van der Waals surface area contributed by atoms with Crippen LogP contribution in [0.2, 0.25) is 0 Å². The van der Waals surface area contributed by atoms with E-state index in [0.29, 0.717) is 40.0 Å². The lowest BCUT2D eigenvalue weighted by atomic mass is 9.95. The highest BCUT2D eigenvalue weighted by molar-refractivity contribution is 6.06. The topological polar surface area (TPSA) is 90.3 Å². The maximum atomic E-state index is 14.0. The van der Waals surface area contributed by atoms with Crippen LogP contribution >= 0.6 is 0 Å². The lowest BCUT2D eigenvalue weighted by Gasteiger charge is -2.29. The second-order valence-electron chi connectivity index (χ2n) is 6.67. The summed E-state index contributed by atoms with van der Waals surface area (Å²) in [4.78, 5) is 17.5. The zero-order valence-corrected chi connectivity index (χ0v) is 16.6. The van der Waals surface area contributed by atoms with Crippen LogP contribution in [0.4, 0.5) is 16.0 Å². The number of hydrogen-bond acceptors (Lipinski definition) is 6. The molecule has 2 N–H and O–H groups in total. The van der Waals surface area contributed by atoms with E-state index >= 15 is 0 Å². The van der Waals surface area contributed by atoms with Crippen LogP contribution < -0.4 is 20.1 Å². The number of carbonyl (C=O) groups is 1. The number of anilines is 2. The fourth-order valence-corrected chi connectivity index (χ4v) is 3.46. The van der Waals surface area contributed by atoms with E-state index in [1.807, 2.05) is 0 Å². The number of amides is 1. The zero-order valence-electron chi connectivity index (χ0n) is 16.6. The Morgan fingerprint density at radius 3 is 2.77 bits per heavy atom. The minimum atomic E-state index is -0.649. The number of aromatic nitrogens is 3. The molecule has 1 aromatic heterocycles. The number of fused-ring (bicyclic) bond motifs is 1. The second-order valence-corrected chi connectivity index (χ2v) is 6.67. The van der Waals surface area contributed by atoms with Crippen molar-refractivity contribution in [2.45, 2.75) is 13.0 Å². The van der Waals surface area contributed by atoms with Crippen molar-refractivity contribution >= 4 is 17.5 Å². The van der Waals surface area contributed by atoms with Gasteiger partial charge in [0.1, 0.15) is 29.7 Å². The molecule has 154 valence electrons. The molecule has 0 spiro atoms. The summed E-state index contributed by atoms with van der Waals surface area (Å²) in [5.41, 5.74) is 2.03. The van der Waals surface area contributed by atoms with Crippen LogP contribution in [0.15, 0.2) is 60.1 Å². The number of benzene rings is 2. The number of nitrogens with one attached hydrogen (secondary N) is 2. The van der Waals surface area contributed by atoms with E-state index < -0.39 is 11.9 Å². The molecule has 0 unspecified atom stereocenters. The van der Waals surface area contributed by atoms with Gasteiger partial charge in [0.25, 0.3) is 5.91 Å². The first-order valence-corrected chi connectivity index (χ1v) is 9.18. The molecule has 2 aromatic carbocycles. The number of halogens is 1. The minimum Gasteiger partial charge on any atom is -0.497 e. The molecule has 1 amide bonds. The van der Waals surface area contributed by atoms with Gasteiger partial charge in [0.05, 0.1) is 25.5 Å². The van der Waals surface area contributed by atoms with Crippen molar-refractivity contribution < 1.29 is 18.7 Å². The normalized spacial score (nSPS) is 15.3. The number of carbonyl (C=O) groups excluding carboxylic acids is 1. The van der Waals surface area contributed by atoms with Crippen LogP contribution in [0.3, 0.4) is 0 Å². The number of nitrogens with zero attached hydrogens (tertiary/aromatic N) is 3. The molecular formula is C21H20FN5O3. The van der Waals surface area contributed by atoms with Crippen molar-refractivity contribution in [2.75, 3.05) is 24.9 Å². The van der Waals surface area contributed by atoms with Gasteiger partial charge in [0, 0.05) is 11.8 Å². The van der Waals surface area contributed by atoms with E-state index in [1.165, 1.54) is 25.6 Å². The van der Waals surface area contributed by atoms with Crippen LogP contribution in [0, 0.1) is 5.82 Å². The number of rotatable bonds is 5. The lowest BCUT2D eigenvalue weighted by Crippen LogP contribution is -2.31. The average Bonchev–Trinajstić information content (AvgIpc) is 3.20. The third kappa shape index (κ3) is 3.45. The van der Waals surface area contributed by atoms with Crippen LogP contribution in [-0.4, -0.2) is 34.9 Å². The fraction of sp³-hybridized carbons (Fsp3) is 0.190. The number of allylic oxidation sites excluding steroid dienone is 1. The molecule has 0 aliphatic carbocycles. The average molecular weight is 409 g/mol. The molecule has 0 saturated heterocycles. The van der Waals surface area contributed by atoms with Crippen LogP contribution in [-0.2, 0) is 4.79 Å². The molecule has 3 aromatic rings.